The molecule has 1 aliphatic carbocycles. The zero-order valence-electron chi connectivity index (χ0n) is 15.1. The number of hydrogen-bond donors (Lipinski definition) is 1. The lowest BCUT2D eigenvalue weighted by molar-refractivity contribution is 0.0566. The van der Waals surface area contributed by atoms with Crippen LogP contribution >= 0.6 is 0 Å². The highest BCUT2D eigenvalue weighted by molar-refractivity contribution is 4.80. The first-order chi connectivity index (χ1) is 10.9. The van der Waals surface area contributed by atoms with Gasteiger partial charge in [-0.1, -0.05) is 64.7 Å². The summed E-state index contributed by atoms with van der Waals surface area (Å²) in [5.41, 5.74) is 0. The summed E-state index contributed by atoms with van der Waals surface area (Å²) < 4.78 is 10.7. The van der Waals surface area contributed by atoms with E-state index in [0.29, 0.717) is 12.6 Å². The minimum absolute atomic E-state index is 0.550. The molecule has 0 aromatic carbocycles. The van der Waals surface area contributed by atoms with Gasteiger partial charge in [0.05, 0.1) is 19.8 Å². The Bertz CT molecular complexity index is 231. The minimum atomic E-state index is 0.550. The van der Waals surface area contributed by atoms with Crippen LogP contribution in [0.1, 0.15) is 77.6 Å². The number of hydrogen-bond acceptors (Lipinski definition) is 3. The summed E-state index contributed by atoms with van der Waals surface area (Å²) >= 11 is 0. The van der Waals surface area contributed by atoms with Crippen molar-refractivity contribution >= 4 is 0 Å². The molecule has 0 unspecified atom stereocenters. The van der Waals surface area contributed by atoms with Gasteiger partial charge in [-0.3, -0.25) is 0 Å². The van der Waals surface area contributed by atoms with Gasteiger partial charge in [-0.15, -0.1) is 0 Å². The van der Waals surface area contributed by atoms with Crippen LogP contribution < -0.4 is 5.32 Å². The molecule has 0 aliphatic heterocycles. The van der Waals surface area contributed by atoms with Crippen LogP contribution in [0, 0.1) is 5.92 Å². The molecule has 1 saturated carbocycles. The van der Waals surface area contributed by atoms with Crippen LogP contribution in [0.4, 0.5) is 0 Å². The summed E-state index contributed by atoms with van der Waals surface area (Å²) in [5.74, 6) is 0.960. The fourth-order valence-electron chi connectivity index (χ4n) is 2.90. The number of nitrogens with one attached hydrogen (secondary N) is 1. The summed E-state index contributed by atoms with van der Waals surface area (Å²) in [6.45, 7) is 5.70. The average molecular weight is 314 g/mol. The van der Waals surface area contributed by atoms with E-state index < -0.39 is 0 Å². The third-order valence-electron chi connectivity index (χ3n) is 4.53. The molecule has 0 bridgehead atoms. The summed E-state index contributed by atoms with van der Waals surface area (Å²) in [5, 5.41) is 3.71. The average Bonchev–Trinajstić information content (AvgIpc) is 3.33. The molecule has 0 spiro atoms. The SMILES string of the molecule is CCCCCCCCCCN[C@H](COCCOC)CC1CC1. The normalized spacial score (nSPS) is 16.1. The Hall–Kier alpha value is -0.120. The molecule has 0 saturated heterocycles. The van der Waals surface area contributed by atoms with E-state index in [2.05, 4.69) is 12.2 Å². The van der Waals surface area contributed by atoms with Crippen molar-refractivity contribution in [3.8, 4) is 0 Å². The topological polar surface area (TPSA) is 30.5 Å². The lowest BCUT2D eigenvalue weighted by Gasteiger charge is -2.18. The lowest BCUT2D eigenvalue weighted by atomic mass is 10.1. The molecule has 0 heterocycles. The molecule has 132 valence electrons. The molecule has 0 aromatic heterocycles. The zero-order chi connectivity index (χ0) is 15.9. The Labute approximate surface area is 138 Å². The van der Waals surface area contributed by atoms with Crippen LogP contribution in [-0.2, 0) is 9.47 Å². The van der Waals surface area contributed by atoms with Crippen molar-refractivity contribution in [3.63, 3.8) is 0 Å². The maximum absolute atomic E-state index is 5.71. The lowest BCUT2D eigenvalue weighted by Crippen LogP contribution is -2.35. The first kappa shape index (κ1) is 19.9. The van der Waals surface area contributed by atoms with Crippen LogP contribution in [0.5, 0.6) is 0 Å². The van der Waals surface area contributed by atoms with E-state index in [1.807, 2.05) is 0 Å². The highest BCUT2D eigenvalue weighted by atomic mass is 16.5. The van der Waals surface area contributed by atoms with E-state index in [1.165, 1.54) is 70.6 Å². The van der Waals surface area contributed by atoms with Gasteiger partial charge in [0.15, 0.2) is 0 Å². The van der Waals surface area contributed by atoms with Crippen LogP contribution in [0.15, 0.2) is 0 Å². The van der Waals surface area contributed by atoms with Crippen molar-refractivity contribution in [1.29, 1.82) is 0 Å². The van der Waals surface area contributed by atoms with Crippen molar-refractivity contribution in [2.45, 2.75) is 83.6 Å². The van der Waals surface area contributed by atoms with E-state index >= 15 is 0 Å². The van der Waals surface area contributed by atoms with Crippen molar-refractivity contribution in [3.05, 3.63) is 0 Å². The maximum Gasteiger partial charge on any atom is 0.0701 e. The van der Waals surface area contributed by atoms with Gasteiger partial charge in [0.25, 0.3) is 0 Å². The molecule has 3 heteroatoms. The maximum atomic E-state index is 5.71. The van der Waals surface area contributed by atoms with E-state index in [0.717, 1.165) is 25.7 Å². The molecular weight excluding hydrogens is 274 g/mol. The Balaban J connectivity index is 1.92. The van der Waals surface area contributed by atoms with E-state index in [-0.39, 0.29) is 0 Å². The Kier molecular flexibility index (Phi) is 13.1. The minimum Gasteiger partial charge on any atom is -0.382 e. The summed E-state index contributed by atoms with van der Waals surface area (Å²) in [6.07, 6.45) is 15.3. The second-order valence-electron chi connectivity index (χ2n) is 6.87. The van der Waals surface area contributed by atoms with Gasteiger partial charge in [-0.25, -0.2) is 0 Å². The molecule has 0 amide bonds. The third kappa shape index (κ3) is 12.4. The van der Waals surface area contributed by atoms with Gasteiger partial charge in [0.1, 0.15) is 0 Å². The summed E-state index contributed by atoms with van der Waals surface area (Å²) in [4.78, 5) is 0. The first-order valence-corrected chi connectivity index (χ1v) is 9.66. The molecule has 0 radical (unpaired) electrons. The van der Waals surface area contributed by atoms with Gasteiger partial charge in [-0.2, -0.15) is 0 Å². The first-order valence-electron chi connectivity index (χ1n) is 9.66. The molecular formula is C19H39NO2. The van der Waals surface area contributed by atoms with Gasteiger partial charge >= 0.3 is 0 Å². The van der Waals surface area contributed by atoms with E-state index in [1.54, 1.807) is 7.11 Å². The quantitative estimate of drug-likeness (QED) is 0.400. The second kappa shape index (κ2) is 14.5. The van der Waals surface area contributed by atoms with Crippen molar-refractivity contribution in [1.82, 2.24) is 5.32 Å². The van der Waals surface area contributed by atoms with Crippen LogP contribution in [0.2, 0.25) is 0 Å². The number of methoxy groups -OCH3 is 1. The van der Waals surface area contributed by atoms with Gasteiger partial charge in [0, 0.05) is 13.2 Å². The molecule has 1 rings (SSSR count). The molecule has 0 aromatic rings. The highest BCUT2D eigenvalue weighted by Gasteiger charge is 2.25. The number of ether oxygens (including phenoxy) is 2. The Morgan fingerprint density at radius 1 is 0.955 bits per heavy atom. The predicted molar refractivity (Wildman–Crippen MR) is 94.4 cm³/mol. The molecule has 1 atom stereocenters. The Morgan fingerprint density at radius 2 is 1.64 bits per heavy atom. The number of unbranched alkanes of at least 4 members (excludes halogenated alkanes) is 7. The van der Waals surface area contributed by atoms with Gasteiger partial charge < -0.3 is 14.8 Å². The summed E-state index contributed by atoms with van der Waals surface area (Å²) in [7, 11) is 1.73. The summed E-state index contributed by atoms with van der Waals surface area (Å²) in [6, 6.07) is 0.550. The molecule has 1 aliphatic rings. The third-order valence-corrected chi connectivity index (χ3v) is 4.53. The second-order valence-corrected chi connectivity index (χ2v) is 6.87. The standard InChI is InChI=1S/C19H39NO2/c1-3-4-5-6-7-8-9-10-13-20-19(16-18-11-12-18)17-22-15-14-21-2/h18-20H,3-17H2,1-2H3/t19-/m0/s1. The zero-order valence-corrected chi connectivity index (χ0v) is 15.1. The van der Waals surface area contributed by atoms with Crippen LogP contribution in [0.3, 0.4) is 0 Å². The van der Waals surface area contributed by atoms with Gasteiger partial charge in [0.2, 0.25) is 0 Å². The van der Waals surface area contributed by atoms with E-state index in [4.69, 9.17) is 9.47 Å². The smallest absolute Gasteiger partial charge is 0.0701 e. The fourth-order valence-corrected chi connectivity index (χ4v) is 2.90. The monoisotopic (exact) mass is 313 g/mol. The molecule has 1 N–H and O–H groups in total. The molecule has 1 fully saturated rings. The number of rotatable bonds is 17. The molecule has 3 nitrogen and oxygen atoms in total. The van der Waals surface area contributed by atoms with Gasteiger partial charge in [-0.05, 0) is 25.3 Å². The van der Waals surface area contributed by atoms with E-state index in [9.17, 15) is 0 Å². The van der Waals surface area contributed by atoms with Crippen molar-refractivity contribution in [2.75, 3.05) is 33.5 Å². The van der Waals surface area contributed by atoms with Crippen molar-refractivity contribution < 1.29 is 9.47 Å². The predicted octanol–water partition coefficient (Wildman–Crippen LogP) is 4.55. The Morgan fingerprint density at radius 3 is 2.27 bits per heavy atom. The highest BCUT2D eigenvalue weighted by Crippen LogP contribution is 2.33. The van der Waals surface area contributed by atoms with Crippen molar-refractivity contribution in [2.24, 2.45) is 5.92 Å². The van der Waals surface area contributed by atoms with Crippen LogP contribution in [-0.4, -0.2) is 39.5 Å². The largest absolute Gasteiger partial charge is 0.382 e. The fraction of sp³-hybridized carbons (Fsp3) is 1.00. The van der Waals surface area contributed by atoms with Crippen LogP contribution in [0.25, 0.3) is 0 Å². The molecule has 22 heavy (non-hydrogen) atoms.